The zero-order valence-electron chi connectivity index (χ0n) is 22.1. The van der Waals surface area contributed by atoms with Gasteiger partial charge in [0.05, 0.1) is 0 Å². The monoisotopic (exact) mass is 516 g/mol. The summed E-state index contributed by atoms with van der Waals surface area (Å²) in [4.78, 5) is 40.1. The molecule has 0 saturated carbocycles. The van der Waals surface area contributed by atoms with Crippen LogP contribution in [0.2, 0.25) is 0 Å². The Labute approximate surface area is 213 Å². The summed E-state index contributed by atoms with van der Waals surface area (Å²) >= 11 is -5.16. The first-order chi connectivity index (χ1) is 16.0. The molecule has 35 heavy (non-hydrogen) atoms. The third kappa shape index (κ3) is 5.54. The van der Waals surface area contributed by atoms with Gasteiger partial charge in [-0.15, -0.1) is 0 Å². The van der Waals surface area contributed by atoms with Gasteiger partial charge in [-0.1, -0.05) is 0 Å². The fourth-order valence-electron chi connectivity index (χ4n) is 3.62. The fourth-order valence-corrected chi connectivity index (χ4v) is 8.99. The number of hydrogen-bond acceptors (Lipinski definition) is 6. The molecule has 188 valence electrons. The van der Waals surface area contributed by atoms with E-state index in [9.17, 15) is 14.4 Å². The van der Waals surface area contributed by atoms with Crippen molar-refractivity contribution >= 4 is 17.9 Å². The molecule has 0 aliphatic heterocycles. The number of rotatable bonds is 4. The van der Waals surface area contributed by atoms with Crippen LogP contribution in [0.25, 0.3) is 11.1 Å². The number of carbonyl (C=O) groups excluding carboxylic acids is 3. The molecule has 0 spiro atoms. The Bertz CT molecular complexity index is 1030. The minimum atomic E-state index is -5.16. The summed E-state index contributed by atoms with van der Waals surface area (Å²) in [6, 6.07) is 15.4. The summed E-state index contributed by atoms with van der Waals surface area (Å²) in [5, 5.41) is 0. The van der Waals surface area contributed by atoms with Crippen molar-refractivity contribution in [2.75, 3.05) is 0 Å². The molecule has 0 atom stereocenters. The van der Waals surface area contributed by atoms with Crippen molar-refractivity contribution in [3.8, 4) is 11.1 Å². The van der Waals surface area contributed by atoms with Crippen LogP contribution in [-0.4, -0.2) is 17.9 Å². The molecule has 0 N–H and O–H groups in total. The zero-order chi connectivity index (χ0) is 26.4. The van der Waals surface area contributed by atoms with Crippen LogP contribution in [0, 0.1) is 16.2 Å². The van der Waals surface area contributed by atoms with Crippen LogP contribution in [0.5, 0.6) is 0 Å². The van der Waals surface area contributed by atoms with E-state index in [1.54, 1.807) is 62.3 Å². The van der Waals surface area contributed by atoms with Crippen LogP contribution in [-0.2, 0) is 42.1 Å². The molecule has 0 heterocycles. The summed E-state index contributed by atoms with van der Waals surface area (Å²) < 4.78 is 17.9. The molecule has 1 aliphatic carbocycles. The van der Waals surface area contributed by atoms with Crippen molar-refractivity contribution in [2.24, 2.45) is 16.2 Å². The minimum absolute atomic E-state index is 0.581. The van der Waals surface area contributed by atoms with Gasteiger partial charge in [0.25, 0.3) is 0 Å². The van der Waals surface area contributed by atoms with Crippen molar-refractivity contribution in [2.45, 2.75) is 66.5 Å². The third-order valence-electron chi connectivity index (χ3n) is 5.73. The maximum absolute atomic E-state index is 13.4. The molecular formula is C28H36O6Ti. The second-order valence-corrected chi connectivity index (χ2v) is 15.9. The molecule has 2 aromatic rings. The van der Waals surface area contributed by atoms with Crippen LogP contribution in [0.3, 0.4) is 0 Å². The van der Waals surface area contributed by atoms with Crippen LogP contribution in [0.1, 0.15) is 77.7 Å². The average molecular weight is 516 g/mol. The summed E-state index contributed by atoms with van der Waals surface area (Å²) in [5.41, 5.74) is 0.795. The van der Waals surface area contributed by atoms with Gasteiger partial charge in [0.1, 0.15) is 0 Å². The van der Waals surface area contributed by atoms with Crippen molar-refractivity contribution in [3.63, 3.8) is 0 Å². The Morgan fingerprint density at radius 2 is 0.857 bits per heavy atom. The molecule has 0 bridgehead atoms. The van der Waals surface area contributed by atoms with E-state index in [-0.39, 0.29) is 0 Å². The van der Waals surface area contributed by atoms with Gasteiger partial charge in [0.2, 0.25) is 0 Å². The topological polar surface area (TPSA) is 78.9 Å². The van der Waals surface area contributed by atoms with Crippen molar-refractivity contribution in [3.05, 3.63) is 59.7 Å². The second-order valence-electron chi connectivity index (χ2n) is 12.1. The quantitative estimate of drug-likeness (QED) is 0.436. The summed E-state index contributed by atoms with van der Waals surface area (Å²) in [7, 11) is 0. The molecule has 7 heteroatoms. The molecule has 0 fully saturated rings. The van der Waals surface area contributed by atoms with Gasteiger partial charge in [-0.25, -0.2) is 0 Å². The Morgan fingerprint density at radius 1 is 0.571 bits per heavy atom. The second kappa shape index (κ2) is 9.22. The van der Waals surface area contributed by atoms with E-state index in [0.717, 1.165) is 22.3 Å². The summed E-state index contributed by atoms with van der Waals surface area (Å²) in [6.07, 6.45) is 0. The molecule has 0 unspecified atom stereocenters. The average Bonchev–Trinajstić information content (AvgIpc) is 3.06. The Kier molecular flexibility index (Phi) is 7.15. The predicted molar refractivity (Wildman–Crippen MR) is 130 cm³/mol. The first-order valence-electron chi connectivity index (χ1n) is 11.9. The summed E-state index contributed by atoms with van der Waals surface area (Å²) in [5.74, 6) is -1.74. The number of fused-ring (bicyclic) bond motifs is 3. The Hall–Kier alpha value is -2.44. The zero-order valence-corrected chi connectivity index (χ0v) is 23.7. The number of hydrogen-bond donors (Lipinski definition) is 0. The van der Waals surface area contributed by atoms with Crippen LogP contribution >= 0.6 is 0 Å². The Balaban J connectivity index is 2.33. The summed E-state index contributed by atoms with van der Waals surface area (Å²) in [6.45, 7) is 15.5. The van der Waals surface area contributed by atoms with E-state index < -0.39 is 56.1 Å². The van der Waals surface area contributed by atoms with Crippen molar-refractivity contribution < 1.29 is 42.1 Å². The van der Waals surface area contributed by atoms with E-state index >= 15 is 0 Å². The predicted octanol–water partition coefficient (Wildman–Crippen LogP) is 6.42. The van der Waals surface area contributed by atoms with Crippen LogP contribution in [0.4, 0.5) is 0 Å². The van der Waals surface area contributed by atoms with Gasteiger partial charge in [-0.3, -0.25) is 0 Å². The molecule has 0 amide bonds. The fraction of sp³-hybridized carbons (Fsp3) is 0.464. The normalized spacial score (nSPS) is 14.1. The van der Waals surface area contributed by atoms with Crippen molar-refractivity contribution in [1.29, 1.82) is 0 Å². The molecule has 1 aliphatic rings. The molecule has 0 radical (unpaired) electrons. The van der Waals surface area contributed by atoms with E-state index in [1.807, 2.05) is 48.5 Å². The van der Waals surface area contributed by atoms with Crippen LogP contribution < -0.4 is 0 Å². The van der Waals surface area contributed by atoms with Gasteiger partial charge in [-0.05, 0) is 0 Å². The Morgan fingerprint density at radius 3 is 1.14 bits per heavy atom. The van der Waals surface area contributed by atoms with Gasteiger partial charge >= 0.3 is 214 Å². The first-order valence-corrected chi connectivity index (χ1v) is 14.7. The van der Waals surface area contributed by atoms with Gasteiger partial charge in [-0.2, -0.15) is 0 Å². The molecule has 2 aromatic carbocycles. The molecular weight excluding hydrogens is 480 g/mol. The molecule has 6 nitrogen and oxygen atoms in total. The van der Waals surface area contributed by atoms with E-state index in [0.29, 0.717) is 0 Å². The van der Waals surface area contributed by atoms with E-state index in [1.165, 1.54) is 0 Å². The third-order valence-corrected chi connectivity index (χ3v) is 10.0. The number of carbonyl (C=O) groups is 3. The molecule has 3 rings (SSSR count). The van der Waals surface area contributed by atoms with Gasteiger partial charge in [0, 0.05) is 0 Å². The van der Waals surface area contributed by atoms with Crippen molar-refractivity contribution in [1.82, 2.24) is 0 Å². The van der Waals surface area contributed by atoms with Gasteiger partial charge in [0.15, 0.2) is 0 Å². The van der Waals surface area contributed by atoms with Gasteiger partial charge < -0.3 is 0 Å². The van der Waals surface area contributed by atoms with E-state index in [4.69, 9.17) is 9.96 Å². The molecule has 0 aromatic heterocycles. The maximum atomic E-state index is 13.4. The molecule has 0 saturated heterocycles. The van der Waals surface area contributed by atoms with E-state index in [2.05, 4.69) is 0 Å². The first kappa shape index (κ1) is 27.2. The number of benzene rings is 2. The SMILES string of the molecule is CC(C)(C)C(=O)[O][Ti]([O]C(=O)C(C)(C)C)([O]C(=O)C(C)(C)C)[CH]1c2ccccc2-c2ccccc21. The van der Waals surface area contributed by atoms with Crippen LogP contribution in [0.15, 0.2) is 48.5 Å². The standard InChI is InChI=1S/C13H9.3C5H10O2.Ti/c1-3-7-12-10(5-1)9-11-6-2-4-8-13(11)12;3*1-5(2,3)4(6)7;/h1-9H;3*1-3H3,(H,6,7);/q;;;;+3/p-3.